The third-order valence-electron chi connectivity index (χ3n) is 2.63. The molecule has 0 aliphatic heterocycles. The molecule has 0 fully saturated rings. The molecule has 0 amide bonds. The van der Waals surface area contributed by atoms with Gasteiger partial charge in [0.2, 0.25) is 0 Å². The van der Waals surface area contributed by atoms with Gasteiger partial charge in [-0.25, -0.2) is 4.79 Å². The topological polar surface area (TPSA) is 80.7 Å². The molecule has 0 bridgehead atoms. The summed E-state index contributed by atoms with van der Waals surface area (Å²) in [5.41, 5.74) is -4.25. The Labute approximate surface area is 129 Å². The lowest BCUT2D eigenvalue weighted by molar-refractivity contribution is -0.0890. The van der Waals surface area contributed by atoms with Crippen LogP contribution in [-0.4, -0.2) is 41.6 Å². The Balaban J connectivity index is 3.65. The van der Waals surface area contributed by atoms with Crippen molar-refractivity contribution >= 4 is 17.5 Å². The summed E-state index contributed by atoms with van der Waals surface area (Å²) >= 11 is 0. The zero-order chi connectivity index (χ0) is 18.9. The Morgan fingerprint density at radius 3 is 1.62 bits per heavy atom. The van der Waals surface area contributed by atoms with Gasteiger partial charge in [0, 0.05) is 0 Å². The van der Waals surface area contributed by atoms with Crippen molar-refractivity contribution < 1.29 is 50.6 Å². The number of alkyl halides is 6. The molecule has 0 spiro atoms. The van der Waals surface area contributed by atoms with Crippen molar-refractivity contribution in [2.45, 2.75) is 19.3 Å². The van der Waals surface area contributed by atoms with Gasteiger partial charge in [0.15, 0.2) is 0 Å². The van der Waals surface area contributed by atoms with Crippen molar-refractivity contribution in [3.05, 3.63) is 28.8 Å². The molecule has 1 aromatic carbocycles. The maximum absolute atomic E-state index is 12.5. The predicted octanol–water partition coefficient (Wildman–Crippen LogP) is 3.06. The van der Waals surface area contributed by atoms with Crippen molar-refractivity contribution in [2.24, 2.45) is 0 Å². The molecule has 5 nitrogen and oxygen atoms in total. The summed E-state index contributed by atoms with van der Waals surface area (Å²) in [6.07, 6.45) is -11.1. The van der Waals surface area contributed by atoms with Gasteiger partial charge >= 0.3 is 18.3 Å². The standard InChI is InChI=1S/C13H8F6O5/c1-2-24-11(23)5-3-6(9(21)12(14,15)16)8(20)7(4-5)10(22)13(17,18)19/h3-4,20H,2H2,1H3. The highest BCUT2D eigenvalue weighted by Crippen LogP contribution is 2.34. The van der Waals surface area contributed by atoms with Crippen molar-refractivity contribution in [1.29, 1.82) is 0 Å². The molecule has 0 unspecified atom stereocenters. The molecule has 0 atom stereocenters. The van der Waals surface area contributed by atoms with Gasteiger partial charge in [-0.05, 0) is 19.1 Å². The quantitative estimate of drug-likeness (QED) is 0.508. The largest absolute Gasteiger partial charge is 0.506 e. The summed E-state index contributed by atoms with van der Waals surface area (Å²) in [5, 5.41) is 9.50. The molecule has 1 aromatic rings. The van der Waals surface area contributed by atoms with Crippen molar-refractivity contribution in [2.75, 3.05) is 6.61 Å². The van der Waals surface area contributed by atoms with Gasteiger partial charge in [0.25, 0.3) is 11.6 Å². The molecule has 132 valence electrons. The Morgan fingerprint density at radius 1 is 0.958 bits per heavy atom. The lowest BCUT2D eigenvalue weighted by atomic mass is 9.98. The number of hydrogen-bond acceptors (Lipinski definition) is 5. The van der Waals surface area contributed by atoms with Gasteiger partial charge in [-0.1, -0.05) is 0 Å². The predicted molar refractivity (Wildman–Crippen MR) is 64.8 cm³/mol. The molecule has 0 saturated carbocycles. The van der Waals surface area contributed by atoms with E-state index in [2.05, 4.69) is 4.74 Å². The van der Waals surface area contributed by atoms with E-state index in [-0.39, 0.29) is 18.7 Å². The smallest absolute Gasteiger partial charge is 0.455 e. The molecule has 0 radical (unpaired) electrons. The number of esters is 1. The Bertz CT molecular complexity index is 642. The van der Waals surface area contributed by atoms with Crippen LogP contribution in [0.4, 0.5) is 26.3 Å². The fourth-order valence-corrected chi connectivity index (χ4v) is 1.62. The second-order valence-electron chi connectivity index (χ2n) is 4.29. The van der Waals surface area contributed by atoms with E-state index in [1.807, 2.05) is 0 Å². The van der Waals surface area contributed by atoms with Crippen LogP contribution < -0.4 is 0 Å². The Hall–Kier alpha value is -2.59. The number of carbonyl (C=O) groups excluding carboxylic acids is 3. The molecule has 11 heteroatoms. The molecule has 0 heterocycles. The molecular formula is C13H8F6O5. The maximum atomic E-state index is 12.5. The lowest BCUT2D eigenvalue weighted by Crippen LogP contribution is -2.26. The zero-order valence-corrected chi connectivity index (χ0v) is 11.7. The second-order valence-corrected chi connectivity index (χ2v) is 4.29. The van der Waals surface area contributed by atoms with Gasteiger partial charge < -0.3 is 9.84 Å². The van der Waals surface area contributed by atoms with Crippen LogP contribution in [0.25, 0.3) is 0 Å². The molecule has 0 aromatic heterocycles. The summed E-state index contributed by atoms with van der Waals surface area (Å²) in [5.74, 6) is -8.64. The number of rotatable bonds is 4. The normalized spacial score (nSPS) is 12.0. The number of ketones is 2. The second kappa shape index (κ2) is 6.49. The van der Waals surface area contributed by atoms with Gasteiger partial charge in [-0.3, -0.25) is 9.59 Å². The fraction of sp³-hybridized carbons (Fsp3) is 0.308. The zero-order valence-electron chi connectivity index (χ0n) is 11.7. The number of carbonyl (C=O) groups is 3. The first-order chi connectivity index (χ1) is 10.8. The van der Waals surface area contributed by atoms with Gasteiger partial charge in [-0.15, -0.1) is 0 Å². The number of Topliss-reactive ketones (excluding diaryl/α,β-unsaturated/α-hetero) is 2. The highest BCUT2D eigenvalue weighted by atomic mass is 19.4. The minimum absolute atomic E-state index is 0.205. The highest BCUT2D eigenvalue weighted by molar-refractivity contribution is 6.11. The SMILES string of the molecule is CCOC(=O)c1cc(C(=O)C(F)(F)F)c(O)c(C(=O)C(F)(F)F)c1. The number of hydrogen-bond donors (Lipinski definition) is 1. The molecule has 24 heavy (non-hydrogen) atoms. The first-order valence-electron chi connectivity index (χ1n) is 6.07. The number of phenols is 1. The summed E-state index contributed by atoms with van der Waals surface area (Å²) in [7, 11) is 0. The van der Waals surface area contributed by atoms with E-state index in [0.717, 1.165) is 0 Å². The first kappa shape index (κ1) is 19.5. The summed E-state index contributed by atoms with van der Waals surface area (Å²) in [6.45, 7) is 1.03. The number of halogens is 6. The van der Waals surface area contributed by atoms with Crippen molar-refractivity contribution in [3.63, 3.8) is 0 Å². The minimum atomic E-state index is -5.55. The molecule has 0 aliphatic carbocycles. The first-order valence-corrected chi connectivity index (χ1v) is 6.07. The number of benzene rings is 1. The van der Waals surface area contributed by atoms with Crippen LogP contribution in [-0.2, 0) is 4.74 Å². The number of ether oxygens (including phenoxy) is 1. The van der Waals surface area contributed by atoms with Crippen LogP contribution in [0, 0.1) is 0 Å². The van der Waals surface area contributed by atoms with Crippen LogP contribution in [0.2, 0.25) is 0 Å². The van der Waals surface area contributed by atoms with Crippen LogP contribution >= 0.6 is 0 Å². The third-order valence-corrected chi connectivity index (χ3v) is 2.63. The molecule has 0 aliphatic rings. The number of phenolic OH excluding ortho intramolecular Hbond substituents is 1. The van der Waals surface area contributed by atoms with E-state index in [1.165, 1.54) is 6.92 Å². The monoisotopic (exact) mass is 358 g/mol. The average Bonchev–Trinajstić information content (AvgIpc) is 2.44. The Kier molecular flexibility index (Phi) is 5.26. The van der Waals surface area contributed by atoms with Crippen LogP contribution in [0.15, 0.2) is 12.1 Å². The summed E-state index contributed by atoms with van der Waals surface area (Å²) in [4.78, 5) is 33.9. The lowest BCUT2D eigenvalue weighted by Gasteiger charge is -2.13. The summed E-state index contributed by atoms with van der Waals surface area (Å²) < 4.78 is 79.3. The van der Waals surface area contributed by atoms with Gasteiger partial charge in [0.1, 0.15) is 5.75 Å². The van der Waals surface area contributed by atoms with E-state index in [0.29, 0.717) is 0 Å². The Morgan fingerprint density at radius 2 is 1.33 bits per heavy atom. The summed E-state index contributed by atoms with van der Waals surface area (Å²) in [6, 6.07) is 0.409. The van der Waals surface area contributed by atoms with E-state index in [1.54, 1.807) is 0 Å². The van der Waals surface area contributed by atoms with Gasteiger partial charge in [-0.2, -0.15) is 26.3 Å². The molecule has 1 rings (SSSR count). The van der Waals surface area contributed by atoms with E-state index in [4.69, 9.17) is 0 Å². The average molecular weight is 358 g/mol. The highest BCUT2D eigenvalue weighted by Gasteiger charge is 2.45. The fourth-order valence-electron chi connectivity index (χ4n) is 1.62. The van der Waals surface area contributed by atoms with Gasteiger partial charge in [0.05, 0.1) is 23.3 Å². The van der Waals surface area contributed by atoms with Crippen molar-refractivity contribution in [1.82, 2.24) is 0 Å². The molecular weight excluding hydrogens is 350 g/mol. The van der Waals surface area contributed by atoms with E-state index in [9.17, 15) is 45.8 Å². The van der Waals surface area contributed by atoms with E-state index >= 15 is 0 Å². The van der Waals surface area contributed by atoms with Crippen LogP contribution in [0.1, 0.15) is 38.0 Å². The maximum Gasteiger partial charge on any atom is 0.455 e. The van der Waals surface area contributed by atoms with Crippen molar-refractivity contribution in [3.8, 4) is 5.75 Å². The van der Waals surface area contributed by atoms with Crippen LogP contribution in [0.5, 0.6) is 5.75 Å². The minimum Gasteiger partial charge on any atom is -0.506 e. The van der Waals surface area contributed by atoms with E-state index < -0.39 is 52.3 Å². The van der Waals surface area contributed by atoms with Crippen LogP contribution in [0.3, 0.4) is 0 Å². The molecule has 1 N–H and O–H groups in total. The third kappa shape index (κ3) is 4.03. The molecule has 0 saturated heterocycles. The number of aromatic hydroxyl groups is 1.